The van der Waals surface area contributed by atoms with Crippen LogP contribution in [0.4, 0.5) is 5.69 Å². The number of rotatable bonds is 3. The van der Waals surface area contributed by atoms with Crippen LogP contribution in [-0.4, -0.2) is 42.0 Å². The molecule has 0 unspecified atom stereocenters. The lowest BCUT2D eigenvalue weighted by atomic mass is 9.95. The largest absolute Gasteiger partial charge is 0.370 e. The summed E-state index contributed by atoms with van der Waals surface area (Å²) in [5.74, 6) is 0.953. The average molecular weight is 298 g/mol. The van der Waals surface area contributed by atoms with E-state index < -0.39 is 0 Å². The molecule has 0 spiro atoms. The minimum absolute atomic E-state index is 0.338. The number of hydrogen-bond donors (Lipinski definition) is 0. The van der Waals surface area contributed by atoms with Crippen LogP contribution in [0.2, 0.25) is 0 Å². The lowest BCUT2D eigenvalue weighted by molar-refractivity contribution is -0.134. The van der Waals surface area contributed by atoms with E-state index >= 15 is 0 Å². The molecule has 2 aliphatic rings. The minimum atomic E-state index is 0.338. The predicted molar refractivity (Wildman–Crippen MR) is 84.3 cm³/mol. The van der Waals surface area contributed by atoms with Crippen LogP contribution in [0.3, 0.4) is 0 Å². The van der Waals surface area contributed by atoms with Crippen molar-refractivity contribution in [3.8, 4) is 6.07 Å². The van der Waals surface area contributed by atoms with Crippen molar-refractivity contribution in [2.45, 2.75) is 32.1 Å². The summed E-state index contributed by atoms with van der Waals surface area (Å²) >= 11 is 0. The number of amides is 1. The molecule has 0 radical (unpaired) electrons. The van der Waals surface area contributed by atoms with Gasteiger partial charge in [-0.3, -0.25) is 4.79 Å². The Morgan fingerprint density at radius 3 is 2.68 bits per heavy atom. The summed E-state index contributed by atoms with van der Waals surface area (Å²) in [6, 6.07) is 5.79. The van der Waals surface area contributed by atoms with E-state index in [1.54, 1.807) is 12.3 Å². The average Bonchev–Trinajstić information content (AvgIpc) is 2.58. The highest BCUT2D eigenvalue weighted by Gasteiger charge is 2.25. The fourth-order valence-electron chi connectivity index (χ4n) is 3.38. The highest BCUT2D eigenvalue weighted by molar-refractivity contribution is 5.76. The molecule has 22 heavy (non-hydrogen) atoms. The van der Waals surface area contributed by atoms with Crippen LogP contribution < -0.4 is 4.90 Å². The van der Waals surface area contributed by atoms with Crippen molar-refractivity contribution in [1.29, 1.82) is 5.26 Å². The Bertz CT molecular complexity index is 555. The molecule has 0 atom stereocenters. The number of carbonyl (C=O) groups excluding carboxylic acids is 1. The van der Waals surface area contributed by atoms with Gasteiger partial charge >= 0.3 is 0 Å². The number of pyridine rings is 1. The Kier molecular flexibility index (Phi) is 4.57. The van der Waals surface area contributed by atoms with Crippen LogP contribution >= 0.6 is 0 Å². The Hall–Kier alpha value is -2.09. The molecule has 0 aliphatic carbocycles. The van der Waals surface area contributed by atoms with E-state index in [-0.39, 0.29) is 0 Å². The topological polar surface area (TPSA) is 60.2 Å². The molecule has 2 aliphatic heterocycles. The monoisotopic (exact) mass is 298 g/mol. The summed E-state index contributed by atoms with van der Waals surface area (Å²) in [6.07, 6.45) is 6.96. The molecule has 1 amide bonds. The lowest BCUT2D eigenvalue weighted by Crippen LogP contribution is -2.42. The van der Waals surface area contributed by atoms with Crippen molar-refractivity contribution in [3.63, 3.8) is 0 Å². The Balaban J connectivity index is 1.51. The van der Waals surface area contributed by atoms with Crippen molar-refractivity contribution in [2.24, 2.45) is 5.92 Å². The Labute approximate surface area is 131 Å². The summed E-state index contributed by atoms with van der Waals surface area (Å²) < 4.78 is 0. The first-order valence-corrected chi connectivity index (χ1v) is 8.15. The summed E-state index contributed by atoms with van der Waals surface area (Å²) in [4.78, 5) is 20.4. The van der Waals surface area contributed by atoms with E-state index in [2.05, 4.69) is 14.8 Å². The van der Waals surface area contributed by atoms with E-state index in [4.69, 9.17) is 5.26 Å². The van der Waals surface area contributed by atoms with Gasteiger partial charge in [0.1, 0.15) is 11.8 Å². The predicted octanol–water partition coefficient (Wildman–Crippen LogP) is 2.18. The summed E-state index contributed by atoms with van der Waals surface area (Å²) in [5.41, 5.74) is 1.55. The van der Waals surface area contributed by atoms with Crippen molar-refractivity contribution >= 4 is 11.6 Å². The van der Waals surface area contributed by atoms with Gasteiger partial charge in [-0.2, -0.15) is 5.26 Å². The third-order valence-corrected chi connectivity index (χ3v) is 4.74. The van der Waals surface area contributed by atoms with E-state index in [0.717, 1.165) is 64.0 Å². The quantitative estimate of drug-likeness (QED) is 0.858. The summed E-state index contributed by atoms with van der Waals surface area (Å²) in [6.45, 7) is 3.87. The van der Waals surface area contributed by atoms with Crippen molar-refractivity contribution in [3.05, 3.63) is 24.0 Å². The number of aromatic nitrogens is 1. The third kappa shape index (κ3) is 3.38. The minimum Gasteiger partial charge on any atom is -0.370 e. The second kappa shape index (κ2) is 6.78. The van der Waals surface area contributed by atoms with Gasteiger partial charge in [-0.15, -0.1) is 0 Å². The normalized spacial score (nSPS) is 20.0. The molecule has 1 aromatic rings. The van der Waals surface area contributed by atoms with Gasteiger partial charge in [0, 0.05) is 32.6 Å². The third-order valence-electron chi connectivity index (χ3n) is 4.74. The van der Waals surface area contributed by atoms with Gasteiger partial charge in [0.2, 0.25) is 5.91 Å². The van der Waals surface area contributed by atoms with Gasteiger partial charge in [0.05, 0.1) is 11.9 Å². The molecule has 1 aromatic heterocycles. The van der Waals surface area contributed by atoms with Crippen LogP contribution in [0.1, 0.15) is 37.8 Å². The number of carbonyl (C=O) groups is 1. The van der Waals surface area contributed by atoms with Crippen LogP contribution in [0.15, 0.2) is 18.3 Å². The molecule has 0 saturated carbocycles. The summed E-state index contributed by atoms with van der Waals surface area (Å²) in [7, 11) is 0. The molecular weight excluding hydrogens is 276 g/mol. The first-order valence-electron chi connectivity index (χ1n) is 8.15. The molecule has 116 valence electrons. The number of nitrogens with zero attached hydrogens (tertiary/aromatic N) is 4. The number of anilines is 1. The standard InChI is InChI=1S/C17H22N4O/c18-11-15-4-5-16(12-19-15)20-9-6-14(7-10-20)13-21-8-2-1-3-17(21)22/h4-5,12,14H,1-3,6-10,13H2. The van der Waals surface area contributed by atoms with Crippen LogP contribution in [0, 0.1) is 17.2 Å². The van der Waals surface area contributed by atoms with Gasteiger partial charge in [-0.05, 0) is 43.7 Å². The molecule has 3 rings (SSSR count). The van der Waals surface area contributed by atoms with Crippen LogP contribution in [0.5, 0.6) is 0 Å². The highest BCUT2D eigenvalue weighted by atomic mass is 16.2. The zero-order valence-electron chi connectivity index (χ0n) is 12.9. The van der Waals surface area contributed by atoms with E-state index in [1.165, 1.54) is 0 Å². The maximum absolute atomic E-state index is 11.9. The molecule has 0 aromatic carbocycles. The molecule has 5 nitrogen and oxygen atoms in total. The van der Waals surface area contributed by atoms with Gasteiger partial charge in [0.15, 0.2) is 0 Å². The van der Waals surface area contributed by atoms with Gasteiger partial charge in [-0.1, -0.05) is 0 Å². The molecule has 0 bridgehead atoms. The van der Waals surface area contributed by atoms with E-state index in [9.17, 15) is 4.79 Å². The number of likely N-dealkylation sites (tertiary alicyclic amines) is 1. The van der Waals surface area contributed by atoms with Crippen molar-refractivity contribution < 1.29 is 4.79 Å². The first kappa shape index (κ1) is 14.8. The maximum Gasteiger partial charge on any atom is 0.222 e. The first-order chi connectivity index (χ1) is 10.8. The molecular formula is C17H22N4O. The zero-order valence-corrected chi connectivity index (χ0v) is 12.9. The van der Waals surface area contributed by atoms with Gasteiger partial charge < -0.3 is 9.80 Å². The number of hydrogen-bond acceptors (Lipinski definition) is 4. The van der Waals surface area contributed by atoms with Crippen molar-refractivity contribution in [2.75, 3.05) is 31.1 Å². The fraction of sp³-hybridized carbons (Fsp3) is 0.588. The zero-order chi connectivity index (χ0) is 15.4. The summed E-state index contributed by atoms with van der Waals surface area (Å²) in [5, 5.41) is 8.79. The fourth-order valence-corrected chi connectivity index (χ4v) is 3.38. The molecule has 2 saturated heterocycles. The van der Waals surface area contributed by atoms with E-state index in [0.29, 0.717) is 17.5 Å². The highest BCUT2D eigenvalue weighted by Crippen LogP contribution is 2.24. The smallest absolute Gasteiger partial charge is 0.222 e. The maximum atomic E-state index is 11.9. The van der Waals surface area contributed by atoms with Gasteiger partial charge in [0.25, 0.3) is 0 Å². The molecule has 2 fully saturated rings. The second-order valence-corrected chi connectivity index (χ2v) is 6.24. The van der Waals surface area contributed by atoms with Crippen LogP contribution in [-0.2, 0) is 4.79 Å². The number of piperidine rings is 2. The Morgan fingerprint density at radius 1 is 1.23 bits per heavy atom. The molecule has 3 heterocycles. The van der Waals surface area contributed by atoms with E-state index in [1.807, 2.05) is 12.1 Å². The van der Waals surface area contributed by atoms with Crippen LogP contribution in [0.25, 0.3) is 0 Å². The second-order valence-electron chi connectivity index (χ2n) is 6.24. The number of nitriles is 1. The molecule has 5 heteroatoms. The SMILES string of the molecule is N#Cc1ccc(N2CCC(CN3CCCCC3=O)CC2)cn1. The molecule has 0 N–H and O–H groups in total. The Morgan fingerprint density at radius 2 is 2.05 bits per heavy atom. The lowest BCUT2D eigenvalue weighted by Gasteiger charge is -2.37. The van der Waals surface area contributed by atoms with Gasteiger partial charge in [-0.25, -0.2) is 4.98 Å². The van der Waals surface area contributed by atoms with Crippen molar-refractivity contribution in [1.82, 2.24) is 9.88 Å².